The van der Waals surface area contributed by atoms with Gasteiger partial charge in [0.25, 0.3) is 5.56 Å². The third-order valence-electron chi connectivity index (χ3n) is 3.99. The molecule has 0 bridgehead atoms. The monoisotopic (exact) mass is 297 g/mol. The van der Waals surface area contributed by atoms with Gasteiger partial charge >= 0.3 is 0 Å². The lowest BCUT2D eigenvalue weighted by Crippen LogP contribution is -2.28. The highest BCUT2D eigenvalue weighted by Gasteiger charge is 2.15. The first-order valence-electron chi connectivity index (χ1n) is 7.53. The maximum absolute atomic E-state index is 12.2. The van der Waals surface area contributed by atoms with Crippen molar-refractivity contribution in [3.8, 4) is 0 Å². The smallest absolute Gasteiger partial charge is 0.258 e. The molecule has 0 spiro atoms. The molecule has 5 heteroatoms. The van der Waals surface area contributed by atoms with Gasteiger partial charge in [-0.1, -0.05) is 23.8 Å². The molecule has 0 fully saturated rings. The number of amides is 1. The third-order valence-corrected chi connectivity index (χ3v) is 3.99. The summed E-state index contributed by atoms with van der Waals surface area (Å²) >= 11 is 0. The summed E-state index contributed by atoms with van der Waals surface area (Å²) in [5.41, 5.74) is 1.71. The number of nitrogens with zero attached hydrogens (tertiary/aromatic N) is 2. The van der Waals surface area contributed by atoms with Gasteiger partial charge in [-0.3, -0.25) is 9.59 Å². The van der Waals surface area contributed by atoms with E-state index in [4.69, 9.17) is 0 Å². The van der Waals surface area contributed by atoms with Crippen LogP contribution in [0, 0.1) is 0 Å². The highest BCUT2D eigenvalue weighted by Crippen LogP contribution is 2.21. The largest absolute Gasteiger partial charge is 0.338 e. The molecule has 1 heterocycles. The number of H-pyrrole nitrogens is 1. The van der Waals surface area contributed by atoms with Crippen LogP contribution < -0.4 is 5.56 Å². The highest BCUT2D eigenvalue weighted by atomic mass is 16.2. The summed E-state index contributed by atoms with van der Waals surface area (Å²) in [6.07, 6.45) is 5.86. The molecule has 22 heavy (non-hydrogen) atoms. The van der Waals surface area contributed by atoms with Crippen molar-refractivity contribution < 1.29 is 4.79 Å². The van der Waals surface area contributed by atoms with Crippen molar-refractivity contribution in [2.24, 2.45) is 0 Å². The second-order valence-electron chi connectivity index (χ2n) is 5.71. The minimum absolute atomic E-state index is 0.0592. The summed E-state index contributed by atoms with van der Waals surface area (Å²) in [5.74, 6) is 0.573. The number of para-hydroxylation sites is 1. The second kappa shape index (κ2) is 6.13. The Morgan fingerprint density at radius 2 is 2.18 bits per heavy atom. The Bertz CT molecular complexity index is 792. The number of benzene rings is 1. The Balaban J connectivity index is 1.74. The molecule has 5 nitrogen and oxygen atoms in total. The minimum Gasteiger partial charge on any atom is -0.338 e. The summed E-state index contributed by atoms with van der Waals surface area (Å²) in [4.78, 5) is 33.0. The second-order valence-corrected chi connectivity index (χ2v) is 5.71. The number of aromatic nitrogens is 2. The molecule has 3 rings (SSSR count). The van der Waals surface area contributed by atoms with Crippen LogP contribution in [-0.2, 0) is 11.3 Å². The van der Waals surface area contributed by atoms with Gasteiger partial charge in [-0.2, -0.15) is 0 Å². The SMILES string of the molecule is CN(Cc1nc2ccccc2c(=O)[nH]1)C(=O)CC1=CCCC1. The van der Waals surface area contributed by atoms with Crippen LogP contribution in [0.25, 0.3) is 10.9 Å². The number of fused-ring (bicyclic) bond motifs is 1. The number of hydrogen-bond acceptors (Lipinski definition) is 3. The molecule has 1 aliphatic rings. The van der Waals surface area contributed by atoms with Crippen LogP contribution in [0.4, 0.5) is 0 Å². The van der Waals surface area contributed by atoms with Crippen LogP contribution in [0.15, 0.2) is 40.7 Å². The van der Waals surface area contributed by atoms with Crippen LogP contribution >= 0.6 is 0 Å². The van der Waals surface area contributed by atoms with Crippen molar-refractivity contribution >= 4 is 16.8 Å². The van der Waals surface area contributed by atoms with Crippen LogP contribution in [0.2, 0.25) is 0 Å². The minimum atomic E-state index is -0.167. The van der Waals surface area contributed by atoms with E-state index in [-0.39, 0.29) is 11.5 Å². The van der Waals surface area contributed by atoms with Gasteiger partial charge in [0.1, 0.15) is 5.82 Å². The number of carbonyl (C=O) groups is 1. The summed E-state index contributed by atoms with van der Waals surface area (Å²) in [6, 6.07) is 7.20. The molecule has 0 aliphatic heterocycles. The first-order valence-corrected chi connectivity index (χ1v) is 7.53. The molecule has 1 aromatic heterocycles. The van der Waals surface area contributed by atoms with E-state index in [1.807, 2.05) is 12.1 Å². The number of aromatic amines is 1. The van der Waals surface area contributed by atoms with E-state index in [1.54, 1.807) is 24.1 Å². The molecule has 1 aliphatic carbocycles. The molecule has 114 valence electrons. The molecule has 1 N–H and O–H groups in total. The predicted molar refractivity (Wildman–Crippen MR) is 85.4 cm³/mol. The summed E-state index contributed by atoms with van der Waals surface area (Å²) in [7, 11) is 1.74. The van der Waals surface area contributed by atoms with Crippen molar-refractivity contribution in [1.29, 1.82) is 0 Å². The fourth-order valence-electron chi connectivity index (χ4n) is 2.75. The zero-order valence-corrected chi connectivity index (χ0v) is 12.6. The number of carbonyl (C=O) groups excluding carboxylic acids is 1. The fraction of sp³-hybridized carbons (Fsp3) is 0.353. The molecule has 2 aromatic rings. The van der Waals surface area contributed by atoms with Gasteiger partial charge < -0.3 is 9.88 Å². The summed E-state index contributed by atoms with van der Waals surface area (Å²) < 4.78 is 0. The van der Waals surface area contributed by atoms with E-state index in [0.717, 1.165) is 19.3 Å². The van der Waals surface area contributed by atoms with E-state index in [1.165, 1.54) is 5.57 Å². The van der Waals surface area contributed by atoms with Crippen molar-refractivity contribution in [3.05, 3.63) is 52.1 Å². The normalized spacial score (nSPS) is 14.1. The van der Waals surface area contributed by atoms with Gasteiger partial charge in [0, 0.05) is 13.5 Å². The zero-order chi connectivity index (χ0) is 15.5. The van der Waals surface area contributed by atoms with Gasteiger partial charge in [-0.05, 0) is 31.4 Å². The van der Waals surface area contributed by atoms with Crippen LogP contribution in [-0.4, -0.2) is 27.8 Å². The topological polar surface area (TPSA) is 66.1 Å². The number of rotatable bonds is 4. The maximum atomic E-state index is 12.2. The highest BCUT2D eigenvalue weighted by molar-refractivity contribution is 5.79. The van der Waals surface area contributed by atoms with Crippen molar-refractivity contribution in [3.63, 3.8) is 0 Å². The lowest BCUT2D eigenvalue weighted by Gasteiger charge is -2.17. The molecule has 0 radical (unpaired) electrons. The maximum Gasteiger partial charge on any atom is 0.258 e. The standard InChI is InChI=1S/C17H19N3O2/c1-20(16(21)10-12-6-2-3-7-12)11-15-18-14-9-5-4-8-13(14)17(22)19-15/h4-6,8-9H,2-3,7,10-11H2,1H3,(H,18,19,22). The molecule has 0 unspecified atom stereocenters. The van der Waals surface area contributed by atoms with Crippen LogP contribution in [0.1, 0.15) is 31.5 Å². The number of allylic oxidation sites excluding steroid dienone is 1. The molecular weight excluding hydrogens is 278 g/mol. The van der Waals surface area contributed by atoms with Gasteiger partial charge in [0.15, 0.2) is 0 Å². The first-order chi connectivity index (χ1) is 10.6. The number of hydrogen-bond donors (Lipinski definition) is 1. The lowest BCUT2D eigenvalue weighted by molar-refractivity contribution is -0.129. The van der Waals surface area contributed by atoms with Gasteiger partial charge in [-0.25, -0.2) is 4.98 Å². The van der Waals surface area contributed by atoms with Gasteiger partial charge in [0.2, 0.25) is 5.91 Å². The molecule has 0 saturated heterocycles. The van der Waals surface area contributed by atoms with E-state index < -0.39 is 0 Å². The fourth-order valence-corrected chi connectivity index (χ4v) is 2.75. The molecule has 0 saturated carbocycles. The first kappa shape index (κ1) is 14.5. The molecule has 0 atom stereocenters. The van der Waals surface area contributed by atoms with Crippen LogP contribution in [0.3, 0.4) is 0 Å². The van der Waals surface area contributed by atoms with Crippen molar-refractivity contribution in [2.45, 2.75) is 32.2 Å². The van der Waals surface area contributed by atoms with Gasteiger partial charge in [-0.15, -0.1) is 0 Å². The van der Waals surface area contributed by atoms with E-state index in [9.17, 15) is 9.59 Å². The van der Waals surface area contributed by atoms with E-state index in [0.29, 0.717) is 29.7 Å². The van der Waals surface area contributed by atoms with E-state index >= 15 is 0 Å². The quantitative estimate of drug-likeness (QED) is 0.881. The third kappa shape index (κ3) is 3.08. The Kier molecular flexibility index (Phi) is 4.04. The summed E-state index contributed by atoms with van der Waals surface area (Å²) in [5, 5.41) is 0.566. The molecule has 1 amide bonds. The average Bonchev–Trinajstić information content (AvgIpc) is 3.00. The predicted octanol–water partition coefficient (Wildman–Crippen LogP) is 2.38. The van der Waals surface area contributed by atoms with Gasteiger partial charge in [0.05, 0.1) is 17.4 Å². The Labute approximate surface area is 128 Å². The van der Waals surface area contributed by atoms with E-state index in [2.05, 4.69) is 16.0 Å². The molecule has 1 aromatic carbocycles. The lowest BCUT2D eigenvalue weighted by atomic mass is 10.1. The Morgan fingerprint density at radius 3 is 2.95 bits per heavy atom. The van der Waals surface area contributed by atoms with Crippen molar-refractivity contribution in [1.82, 2.24) is 14.9 Å². The average molecular weight is 297 g/mol. The Hall–Kier alpha value is -2.43. The van der Waals surface area contributed by atoms with Crippen LogP contribution in [0.5, 0.6) is 0 Å². The Morgan fingerprint density at radius 1 is 1.36 bits per heavy atom. The number of nitrogens with one attached hydrogen (secondary N) is 1. The summed E-state index contributed by atoms with van der Waals surface area (Å²) in [6.45, 7) is 0.312. The zero-order valence-electron chi connectivity index (χ0n) is 12.6. The molecular formula is C17H19N3O2. The van der Waals surface area contributed by atoms with Crippen molar-refractivity contribution in [2.75, 3.05) is 7.05 Å².